The Morgan fingerprint density at radius 2 is 1.94 bits per heavy atom. The molecule has 1 rings (SSSR count). The molecule has 0 spiro atoms. The Hall–Kier alpha value is -0.880. The van der Waals surface area contributed by atoms with Crippen molar-refractivity contribution >= 4 is 34.8 Å². The molecule has 1 atom stereocenters. The Bertz CT molecular complexity index is 382. The van der Waals surface area contributed by atoms with Gasteiger partial charge in [0, 0.05) is 16.6 Å². The van der Waals surface area contributed by atoms with Gasteiger partial charge < -0.3 is 10.6 Å². The van der Waals surface area contributed by atoms with Gasteiger partial charge in [-0.25, -0.2) is 0 Å². The first-order valence-corrected chi connectivity index (χ1v) is 6.92. The van der Waals surface area contributed by atoms with Crippen LogP contribution >= 0.6 is 24.0 Å². The van der Waals surface area contributed by atoms with Gasteiger partial charge in [0.1, 0.15) is 0 Å². The van der Waals surface area contributed by atoms with E-state index in [1.165, 1.54) is 0 Å². The third-order valence-electron chi connectivity index (χ3n) is 2.33. The van der Waals surface area contributed by atoms with Gasteiger partial charge in [-0.15, -0.1) is 0 Å². The highest BCUT2D eigenvalue weighted by molar-refractivity contribution is 7.99. The van der Waals surface area contributed by atoms with E-state index in [2.05, 4.69) is 17.6 Å². The SMILES string of the molecule is CCC(C)NC(=S)Nc1ccc(SC(F)F)cc1. The second kappa shape index (κ2) is 7.53. The number of thioether (sulfide) groups is 1. The van der Waals surface area contributed by atoms with E-state index in [9.17, 15) is 8.78 Å². The standard InChI is InChI=1S/C12H16F2N2S2/c1-3-8(2)15-12(17)16-9-4-6-10(7-5-9)18-11(13)14/h4-8,11H,3H2,1-2H3,(H2,15,16,17). The zero-order valence-corrected chi connectivity index (χ0v) is 11.9. The number of halogens is 2. The van der Waals surface area contributed by atoms with Gasteiger partial charge in [0.25, 0.3) is 5.76 Å². The van der Waals surface area contributed by atoms with Crippen LogP contribution in [0.15, 0.2) is 29.2 Å². The van der Waals surface area contributed by atoms with E-state index in [4.69, 9.17) is 12.2 Å². The number of hydrogen-bond donors (Lipinski definition) is 2. The molecular formula is C12H16F2N2S2. The average Bonchev–Trinajstić information content (AvgIpc) is 2.30. The Balaban J connectivity index is 2.50. The highest BCUT2D eigenvalue weighted by Gasteiger charge is 2.05. The molecule has 0 radical (unpaired) electrons. The van der Waals surface area contributed by atoms with Crippen LogP contribution < -0.4 is 10.6 Å². The molecule has 0 bridgehead atoms. The van der Waals surface area contributed by atoms with Gasteiger partial charge in [-0.1, -0.05) is 18.7 Å². The summed E-state index contributed by atoms with van der Waals surface area (Å²) >= 11 is 5.66. The summed E-state index contributed by atoms with van der Waals surface area (Å²) < 4.78 is 24.3. The van der Waals surface area contributed by atoms with E-state index in [1.54, 1.807) is 24.3 Å². The van der Waals surface area contributed by atoms with E-state index < -0.39 is 5.76 Å². The van der Waals surface area contributed by atoms with Crippen molar-refractivity contribution in [2.75, 3.05) is 5.32 Å². The zero-order chi connectivity index (χ0) is 13.5. The van der Waals surface area contributed by atoms with Crippen LogP contribution in [0, 0.1) is 0 Å². The number of thiocarbonyl (C=S) groups is 1. The molecule has 2 N–H and O–H groups in total. The molecule has 0 aliphatic rings. The molecule has 0 aromatic heterocycles. The summed E-state index contributed by atoms with van der Waals surface area (Å²) in [6.45, 7) is 4.10. The van der Waals surface area contributed by atoms with Crippen LogP contribution in [0.1, 0.15) is 20.3 Å². The van der Waals surface area contributed by atoms with Crippen LogP contribution in [0.2, 0.25) is 0 Å². The Kier molecular flexibility index (Phi) is 6.35. The Labute approximate surface area is 116 Å². The molecule has 0 amide bonds. The number of hydrogen-bond acceptors (Lipinski definition) is 2. The predicted octanol–water partition coefficient (Wildman–Crippen LogP) is 4.09. The molecule has 1 aromatic carbocycles. The summed E-state index contributed by atoms with van der Waals surface area (Å²) in [7, 11) is 0. The predicted molar refractivity (Wildman–Crippen MR) is 77.4 cm³/mol. The van der Waals surface area contributed by atoms with Crippen molar-refractivity contribution in [3.05, 3.63) is 24.3 Å². The van der Waals surface area contributed by atoms with Gasteiger partial charge in [-0.2, -0.15) is 8.78 Å². The van der Waals surface area contributed by atoms with Gasteiger partial charge in [-0.05, 0) is 49.8 Å². The molecule has 0 heterocycles. The van der Waals surface area contributed by atoms with Crippen molar-refractivity contribution in [3.63, 3.8) is 0 Å². The third kappa shape index (κ3) is 5.64. The number of alkyl halides is 2. The maximum atomic E-state index is 12.1. The fraction of sp³-hybridized carbons (Fsp3) is 0.417. The van der Waals surface area contributed by atoms with Gasteiger partial charge in [0.2, 0.25) is 0 Å². The van der Waals surface area contributed by atoms with Crippen LogP contribution in [0.25, 0.3) is 0 Å². The summed E-state index contributed by atoms with van der Waals surface area (Å²) in [5.74, 6) is -2.39. The van der Waals surface area contributed by atoms with Crippen LogP contribution in [0.5, 0.6) is 0 Å². The fourth-order valence-electron chi connectivity index (χ4n) is 1.21. The fourth-order valence-corrected chi connectivity index (χ4v) is 2.03. The molecule has 0 saturated heterocycles. The Morgan fingerprint density at radius 3 is 2.44 bits per heavy atom. The van der Waals surface area contributed by atoms with Crippen LogP contribution in [0.3, 0.4) is 0 Å². The van der Waals surface area contributed by atoms with E-state index >= 15 is 0 Å². The van der Waals surface area contributed by atoms with E-state index in [0.29, 0.717) is 27.8 Å². The first kappa shape index (κ1) is 15.2. The maximum absolute atomic E-state index is 12.1. The van der Waals surface area contributed by atoms with Crippen molar-refractivity contribution in [3.8, 4) is 0 Å². The second-order valence-corrected chi connectivity index (χ2v) is 5.28. The number of benzene rings is 1. The largest absolute Gasteiger partial charge is 0.360 e. The topological polar surface area (TPSA) is 24.1 Å². The molecule has 0 aliphatic heterocycles. The second-order valence-electron chi connectivity index (χ2n) is 3.81. The van der Waals surface area contributed by atoms with Gasteiger partial charge in [0.15, 0.2) is 5.11 Å². The quantitative estimate of drug-likeness (QED) is 0.630. The Morgan fingerprint density at radius 1 is 1.33 bits per heavy atom. The molecule has 1 unspecified atom stereocenters. The first-order valence-electron chi connectivity index (χ1n) is 5.63. The molecule has 18 heavy (non-hydrogen) atoms. The summed E-state index contributed by atoms with van der Waals surface area (Å²) in [6, 6.07) is 7.05. The minimum atomic E-state index is -2.39. The molecule has 1 aromatic rings. The van der Waals surface area contributed by atoms with Gasteiger partial charge in [0.05, 0.1) is 0 Å². The smallest absolute Gasteiger partial charge is 0.288 e. The van der Waals surface area contributed by atoms with Crippen molar-refractivity contribution < 1.29 is 8.78 Å². The maximum Gasteiger partial charge on any atom is 0.288 e. The van der Waals surface area contributed by atoms with E-state index in [-0.39, 0.29) is 0 Å². The zero-order valence-electron chi connectivity index (χ0n) is 10.2. The van der Waals surface area contributed by atoms with Crippen LogP contribution in [0.4, 0.5) is 14.5 Å². The van der Waals surface area contributed by atoms with Crippen molar-refractivity contribution in [2.24, 2.45) is 0 Å². The van der Waals surface area contributed by atoms with E-state index in [1.807, 2.05) is 6.92 Å². The average molecular weight is 290 g/mol. The highest BCUT2D eigenvalue weighted by Crippen LogP contribution is 2.26. The summed E-state index contributed by atoms with van der Waals surface area (Å²) in [5.41, 5.74) is 0.786. The van der Waals surface area contributed by atoms with E-state index in [0.717, 1.165) is 12.1 Å². The molecule has 0 aliphatic carbocycles. The molecule has 0 saturated carbocycles. The first-order chi connectivity index (χ1) is 8.51. The lowest BCUT2D eigenvalue weighted by molar-refractivity contribution is 0.252. The van der Waals surface area contributed by atoms with Gasteiger partial charge in [-0.3, -0.25) is 0 Å². The molecule has 6 heteroatoms. The molecule has 100 valence electrons. The van der Waals surface area contributed by atoms with Crippen LogP contribution in [-0.2, 0) is 0 Å². The normalized spacial score (nSPS) is 12.3. The monoisotopic (exact) mass is 290 g/mol. The minimum absolute atomic E-state index is 0.304. The highest BCUT2D eigenvalue weighted by atomic mass is 32.2. The summed E-state index contributed by atoms with van der Waals surface area (Å²) in [6.07, 6.45) is 0.978. The minimum Gasteiger partial charge on any atom is -0.360 e. The molecular weight excluding hydrogens is 274 g/mol. The lowest BCUT2D eigenvalue weighted by Crippen LogP contribution is -2.35. The number of rotatable bonds is 5. The van der Waals surface area contributed by atoms with Crippen LogP contribution in [-0.4, -0.2) is 16.9 Å². The molecule has 2 nitrogen and oxygen atoms in total. The van der Waals surface area contributed by atoms with Crippen molar-refractivity contribution in [1.82, 2.24) is 5.32 Å². The van der Waals surface area contributed by atoms with Crippen molar-refractivity contribution in [1.29, 1.82) is 0 Å². The lowest BCUT2D eigenvalue weighted by atomic mass is 10.3. The summed E-state index contributed by atoms with van der Waals surface area (Å²) in [5, 5.41) is 6.67. The number of anilines is 1. The summed E-state index contributed by atoms with van der Waals surface area (Å²) in [4.78, 5) is 0.538. The van der Waals surface area contributed by atoms with Gasteiger partial charge >= 0.3 is 0 Å². The third-order valence-corrected chi connectivity index (χ3v) is 3.27. The number of nitrogens with one attached hydrogen (secondary N) is 2. The lowest BCUT2D eigenvalue weighted by Gasteiger charge is -2.15. The van der Waals surface area contributed by atoms with Crippen molar-refractivity contribution in [2.45, 2.75) is 37.0 Å². The molecule has 0 fully saturated rings.